The second kappa shape index (κ2) is 5.89. The van der Waals surface area contributed by atoms with Gasteiger partial charge in [0.2, 0.25) is 5.91 Å². The van der Waals surface area contributed by atoms with E-state index < -0.39 is 0 Å². The molecule has 0 aliphatic heterocycles. The lowest BCUT2D eigenvalue weighted by atomic mass is 10.1. The van der Waals surface area contributed by atoms with Crippen LogP contribution >= 0.6 is 0 Å². The molecule has 1 rings (SSSR count). The Kier molecular flexibility index (Phi) is 4.49. The molecule has 2 N–H and O–H groups in total. The minimum Gasteiger partial charge on any atom is -0.358 e. The van der Waals surface area contributed by atoms with Crippen LogP contribution in [-0.2, 0) is 4.79 Å². The van der Waals surface area contributed by atoms with Gasteiger partial charge in [-0.1, -0.05) is 12.1 Å². The quantitative estimate of drug-likeness (QED) is 0.789. The first-order valence-electron chi connectivity index (χ1n) is 5.11. The van der Waals surface area contributed by atoms with E-state index in [0.29, 0.717) is 5.56 Å². The molecule has 0 bridgehead atoms. The van der Waals surface area contributed by atoms with E-state index in [-0.39, 0.29) is 18.5 Å². The van der Waals surface area contributed by atoms with E-state index in [9.17, 15) is 4.79 Å². The predicted octanol–water partition coefficient (Wildman–Crippen LogP) is 0.955. The number of hydrogen-bond donors (Lipinski definition) is 2. The van der Waals surface area contributed by atoms with Crippen molar-refractivity contribution in [2.75, 3.05) is 13.6 Å². The Morgan fingerprint density at radius 2 is 2.31 bits per heavy atom. The number of nitrogens with one attached hydrogen (secondary N) is 2. The van der Waals surface area contributed by atoms with Crippen LogP contribution in [0, 0.1) is 11.3 Å². The zero-order valence-electron chi connectivity index (χ0n) is 9.45. The maximum atomic E-state index is 11.0. The van der Waals surface area contributed by atoms with Crippen molar-refractivity contribution in [2.24, 2.45) is 0 Å². The fourth-order valence-corrected chi connectivity index (χ4v) is 1.33. The molecule has 4 heteroatoms. The Balaban J connectivity index is 2.62. The third kappa shape index (κ3) is 3.37. The summed E-state index contributed by atoms with van der Waals surface area (Å²) in [5.41, 5.74) is 1.63. The minimum absolute atomic E-state index is 0.0469. The van der Waals surface area contributed by atoms with E-state index >= 15 is 0 Å². The van der Waals surface area contributed by atoms with Gasteiger partial charge in [-0.25, -0.2) is 0 Å². The molecule has 0 fully saturated rings. The van der Waals surface area contributed by atoms with E-state index in [1.165, 1.54) is 0 Å². The summed E-state index contributed by atoms with van der Waals surface area (Å²) in [5, 5.41) is 14.4. The Labute approximate surface area is 95.3 Å². The van der Waals surface area contributed by atoms with Crippen LogP contribution in [0.15, 0.2) is 24.3 Å². The largest absolute Gasteiger partial charge is 0.358 e. The van der Waals surface area contributed by atoms with Crippen LogP contribution in [-0.4, -0.2) is 19.5 Å². The molecular formula is C12H15N3O. The summed E-state index contributed by atoms with van der Waals surface area (Å²) in [4.78, 5) is 11.0. The van der Waals surface area contributed by atoms with Gasteiger partial charge in [0, 0.05) is 13.1 Å². The molecule has 0 aromatic heterocycles. The molecule has 0 radical (unpaired) electrons. The molecule has 1 amide bonds. The van der Waals surface area contributed by atoms with Crippen molar-refractivity contribution in [3.05, 3.63) is 35.4 Å². The summed E-state index contributed by atoms with van der Waals surface area (Å²) in [6.45, 7) is 2.23. The first kappa shape index (κ1) is 12.2. The average Bonchev–Trinajstić information content (AvgIpc) is 2.35. The summed E-state index contributed by atoms with van der Waals surface area (Å²) in [5.74, 6) is -0.0525. The zero-order valence-corrected chi connectivity index (χ0v) is 9.45. The molecule has 0 saturated heterocycles. The lowest BCUT2D eigenvalue weighted by Crippen LogP contribution is -2.32. The highest BCUT2D eigenvalue weighted by molar-refractivity contribution is 5.77. The second-order valence-electron chi connectivity index (χ2n) is 3.51. The first-order chi connectivity index (χ1) is 7.67. The van der Waals surface area contributed by atoms with Crippen LogP contribution in [0.2, 0.25) is 0 Å². The predicted molar refractivity (Wildman–Crippen MR) is 61.6 cm³/mol. The van der Waals surface area contributed by atoms with Crippen molar-refractivity contribution >= 4 is 5.91 Å². The van der Waals surface area contributed by atoms with Crippen LogP contribution in [0.3, 0.4) is 0 Å². The molecule has 1 atom stereocenters. The lowest BCUT2D eigenvalue weighted by Gasteiger charge is -2.13. The Morgan fingerprint density at radius 3 is 2.94 bits per heavy atom. The normalized spacial score (nSPS) is 11.6. The molecule has 1 aromatic rings. The number of benzene rings is 1. The molecule has 1 unspecified atom stereocenters. The van der Waals surface area contributed by atoms with E-state index in [1.54, 1.807) is 13.1 Å². The van der Waals surface area contributed by atoms with Crippen LogP contribution in [0.1, 0.15) is 24.1 Å². The molecule has 0 spiro atoms. The van der Waals surface area contributed by atoms with E-state index in [2.05, 4.69) is 16.7 Å². The number of hydrogen-bond acceptors (Lipinski definition) is 3. The van der Waals surface area contributed by atoms with Gasteiger partial charge in [0.15, 0.2) is 0 Å². The van der Waals surface area contributed by atoms with Crippen molar-refractivity contribution in [3.8, 4) is 6.07 Å². The number of likely N-dealkylation sites (N-methyl/N-ethyl adjacent to an activating group) is 1. The first-order valence-corrected chi connectivity index (χ1v) is 5.11. The monoisotopic (exact) mass is 217 g/mol. The fourth-order valence-electron chi connectivity index (χ4n) is 1.33. The number of rotatable bonds is 4. The summed E-state index contributed by atoms with van der Waals surface area (Å²) in [6.07, 6.45) is 0. The number of nitriles is 1. The molecular weight excluding hydrogens is 202 g/mol. The third-order valence-electron chi connectivity index (χ3n) is 2.36. The third-order valence-corrected chi connectivity index (χ3v) is 2.36. The van der Waals surface area contributed by atoms with Crippen LogP contribution in [0.25, 0.3) is 0 Å². The van der Waals surface area contributed by atoms with Crippen LogP contribution < -0.4 is 10.6 Å². The standard InChI is InChI=1S/C12H15N3O/c1-9(15-8-12(16)14-2)11-5-3-4-10(6-11)7-13/h3-6,9,15H,8H2,1-2H3,(H,14,16). The minimum atomic E-state index is -0.0525. The lowest BCUT2D eigenvalue weighted by molar-refractivity contribution is -0.119. The van der Waals surface area contributed by atoms with Gasteiger partial charge in [0.05, 0.1) is 18.2 Å². The molecule has 0 heterocycles. The van der Waals surface area contributed by atoms with E-state index in [4.69, 9.17) is 5.26 Å². The highest BCUT2D eigenvalue weighted by Gasteiger charge is 2.06. The van der Waals surface area contributed by atoms with Crippen LogP contribution in [0.5, 0.6) is 0 Å². The average molecular weight is 217 g/mol. The summed E-state index contributed by atoms with van der Waals surface area (Å²) < 4.78 is 0. The van der Waals surface area contributed by atoms with Crippen molar-refractivity contribution in [1.82, 2.24) is 10.6 Å². The highest BCUT2D eigenvalue weighted by Crippen LogP contribution is 2.13. The molecule has 84 valence electrons. The molecule has 4 nitrogen and oxygen atoms in total. The van der Waals surface area contributed by atoms with E-state index in [0.717, 1.165) is 5.56 Å². The Morgan fingerprint density at radius 1 is 1.56 bits per heavy atom. The van der Waals surface area contributed by atoms with Crippen molar-refractivity contribution < 1.29 is 4.79 Å². The van der Waals surface area contributed by atoms with Crippen molar-refractivity contribution in [1.29, 1.82) is 5.26 Å². The van der Waals surface area contributed by atoms with Gasteiger partial charge < -0.3 is 10.6 Å². The van der Waals surface area contributed by atoms with Gasteiger partial charge >= 0.3 is 0 Å². The second-order valence-corrected chi connectivity index (χ2v) is 3.51. The number of amides is 1. The topological polar surface area (TPSA) is 64.9 Å². The maximum Gasteiger partial charge on any atom is 0.233 e. The van der Waals surface area contributed by atoms with Gasteiger partial charge in [-0.2, -0.15) is 5.26 Å². The van der Waals surface area contributed by atoms with Gasteiger partial charge in [-0.15, -0.1) is 0 Å². The van der Waals surface area contributed by atoms with Crippen molar-refractivity contribution in [3.63, 3.8) is 0 Å². The summed E-state index contributed by atoms with van der Waals surface area (Å²) in [6, 6.07) is 9.49. The number of nitrogens with zero attached hydrogens (tertiary/aromatic N) is 1. The highest BCUT2D eigenvalue weighted by atomic mass is 16.1. The Hall–Kier alpha value is -1.86. The van der Waals surface area contributed by atoms with Gasteiger partial charge in [0.25, 0.3) is 0 Å². The summed E-state index contributed by atoms with van der Waals surface area (Å²) in [7, 11) is 1.60. The maximum absolute atomic E-state index is 11.0. The SMILES string of the molecule is CNC(=O)CNC(C)c1cccc(C#N)c1. The number of carbonyl (C=O) groups is 1. The van der Waals surface area contributed by atoms with Crippen LogP contribution in [0.4, 0.5) is 0 Å². The summed E-state index contributed by atoms with van der Waals surface area (Å²) >= 11 is 0. The van der Waals surface area contributed by atoms with Gasteiger partial charge in [0.1, 0.15) is 0 Å². The molecule has 0 saturated carbocycles. The molecule has 0 aliphatic rings. The van der Waals surface area contributed by atoms with E-state index in [1.807, 2.05) is 25.1 Å². The van der Waals surface area contributed by atoms with Crippen molar-refractivity contribution in [2.45, 2.75) is 13.0 Å². The zero-order chi connectivity index (χ0) is 12.0. The Bertz CT molecular complexity index is 409. The van der Waals surface area contributed by atoms with Gasteiger partial charge in [-0.05, 0) is 24.6 Å². The van der Waals surface area contributed by atoms with Gasteiger partial charge in [-0.3, -0.25) is 4.79 Å². The molecule has 1 aromatic carbocycles. The molecule has 16 heavy (non-hydrogen) atoms. The molecule has 0 aliphatic carbocycles. The smallest absolute Gasteiger partial charge is 0.233 e. The number of carbonyl (C=O) groups excluding carboxylic acids is 1. The fraction of sp³-hybridized carbons (Fsp3) is 0.333.